The van der Waals surface area contributed by atoms with Crippen molar-refractivity contribution in [3.8, 4) is 0 Å². The summed E-state index contributed by atoms with van der Waals surface area (Å²) in [6.07, 6.45) is 4.87. The summed E-state index contributed by atoms with van der Waals surface area (Å²) >= 11 is 0. The number of carbonyl (C=O) groups excluding carboxylic acids is 1. The van der Waals surface area contributed by atoms with Gasteiger partial charge in [0.1, 0.15) is 0 Å². The van der Waals surface area contributed by atoms with Crippen LogP contribution >= 0.6 is 0 Å². The Morgan fingerprint density at radius 2 is 2.00 bits per heavy atom. The van der Waals surface area contributed by atoms with Gasteiger partial charge in [0, 0.05) is 13.9 Å². The average Bonchev–Trinajstić information content (AvgIpc) is 2.03. The lowest BCUT2D eigenvalue weighted by Crippen LogP contribution is -2.28. The van der Waals surface area contributed by atoms with Crippen LogP contribution in [-0.4, -0.2) is 12.5 Å². The zero-order valence-electron chi connectivity index (χ0n) is 8.52. The molecule has 0 aromatic heterocycles. The van der Waals surface area contributed by atoms with E-state index in [1.165, 1.54) is 19.3 Å². The molecule has 12 heavy (non-hydrogen) atoms. The van der Waals surface area contributed by atoms with E-state index in [-0.39, 0.29) is 13.3 Å². The summed E-state index contributed by atoms with van der Waals surface area (Å²) in [4.78, 5) is 11.1. The second-order valence-electron chi connectivity index (χ2n) is 3.51. The van der Waals surface area contributed by atoms with Gasteiger partial charge < -0.3 is 5.32 Å². The SMILES string of the molecule is CCCCCCNC(=O)C(C)C.[HH]. The minimum absolute atomic E-state index is 0. The van der Waals surface area contributed by atoms with Crippen LogP contribution < -0.4 is 5.32 Å². The van der Waals surface area contributed by atoms with Gasteiger partial charge in [-0.15, -0.1) is 0 Å². The van der Waals surface area contributed by atoms with Gasteiger partial charge >= 0.3 is 0 Å². The van der Waals surface area contributed by atoms with E-state index in [1.54, 1.807) is 0 Å². The van der Waals surface area contributed by atoms with E-state index in [2.05, 4.69) is 12.2 Å². The number of carbonyl (C=O) groups is 1. The molecule has 0 fully saturated rings. The average molecular weight is 173 g/mol. The lowest BCUT2D eigenvalue weighted by atomic mass is 10.2. The van der Waals surface area contributed by atoms with Gasteiger partial charge in [-0.1, -0.05) is 40.0 Å². The Bertz CT molecular complexity index is 126. The fraction of sp³-hybridized carbons (Fsp3) is 0.900. The molecule has 0 bridgehead atoms. The van der Waals surface area contributed by atoms with E-state index in [0.717, 1.165) is 13.0 Å². The number of unbranched alkanes of at least 4 members (excludes halogenated alkanes) is 3. The van der Waals surface area contributed by atoms with Crippen molar-refractivity contribution in [3.05, 3.63) is 0 Å². The summed E-state index contributed by atoms with van der Waals surface area (Å²) < 4.78 is 0. The summed E-state index contributed by atoms with van der Waals surface area (Å²) in [6, 6.07) is 0. The maximum absolute atomic E-state index is 11.1. The van der Waals surface area contributed by atoms with Crippen molar-refractivity contribution in [3.63, 3.8) is 0 Å². The maximum Gasteiger partial charge on any atom is 0.222 e. The van der Waals surface area contributed by atoms with Crippen molar-refractivity contribution in [1.82, 2.24) is 5.32 Å². The highest BCUT2D eigenvalue weighted by Gasteiger charge is 2.03. The van der Waals surface area contributed by atoms with Crippen LogP contribution in [0.1, 0.15) is 47.9 Å². The van der Waals surface area contributed by atoms with Crippen molar-refractivity contribution in [1.29, 1.82) is 0 Å². The van der Waals surface area contributed by atoms with Gasteiger partial charge in [0.2, 0.25) is 5.91 Å². The summed E-state index contributed by atoms with van der Waals surface area (Å²) in [5, 5.41) is 2.90. The molecule has 74 valence electrons. The molecule has 0 aliphatic heterocycles. The zero-order chi connectivity index (χ0) is 9.40. The van der Waals surface area contributed by atoms with Gasteiger partial charge in [0.15, 0.2) is 0 Å². The molecule has 0 atom stereocenters. The normalized spacial score (nSPS) is 10.3. The summed E-state index contributed by atoms with van der Waals surface area (Å²) in [6.45, 7) is 6.87. The molecule has 0 radical (unpaired) electrons. The lowest BCUT2D eigenvalue weighted by Gasteiger charge is -2.06. The van der Waals surface area contributed by atoms with Crippen molar-refractivity contribution < 1.29 is 6.22 Å². The third kappa shape index (κ3) is 6.20. The summed E-state index contributed by atoms with van der Waals surface area (Å²) in [5.74, 6) is 0.294. The minimum Gasteiger partial charge on any atom is -0.356 e. The molecular weight excluding hydrogens is 150 g/mol. The smallest absolute Gasteiger partial charge is 0.222 e. The van der Waals surface area contributed by atoms with Crippen molar-refractivity contribution in [2.45, 2.75) is 46.5 Å². The highest BCUT2D eigenvalue weighted by molar-refractivity contribution is 5.77. The number of hydrogen-bond acceptors (Lipinski definition) is 1. The second-order valence-corrected chi connectivity index (χ2v) is 3.51. The first-order valence-electron chi connectivity index (χ1n) is 4.96. The topological polar surface area (TPSA) is 29.1 Å². The Hall–Kier alpha value is -0.530. The Kier molecular flexibility index (Phi) is 6.82. The van der Waals surface area contributed by atoms with Gasteiger partial charge in [0.25, 0.3) is 0 Å². The fourth-order valence-corrected chi connectivity index (χ4v) is 0.967. The predicted octanol–water partition coefficient (Wildman–Crippen LogP) is 2.58. The molecule has 0 aromatic carbocycles. The van der Waals surface area contributed by atoms with Crippen LogP contribution in [0.3, 0.4) is 0 Å². The van der Waals surface area contributed by atoms with E-state index in [1.807, 2.05) is 13.8 Å². The highest BCUT2D eigenvalue weighted by atomic mass is 16.1. The van der Waals surface area contributed by atoms with E-state index in [9.17, 15) is 4.79 Å². The quantitative estimate of drug-likeness (QED) is 0.615. The molecule has 2 heteroatoms. The van der Waals surface area contributed by atoms with E-state index < -0.39 is 0 Å². The summed E-state index contributed by atoms with van der Waals surface area (Å²) in [5.41, 5.74) is 0. The predicted molar refractivity (Wildman–Crippen MR) is 54.1 cm³/mol. The second kappa shape index (κ2) is 7.14. The van der Waals surface area contributed by atoms with Gasteiger partial charge in [-0.05, 0) is 6.42 Å². The van der Waals surface area contributed by atoms with Crippen LogP contribution in [0.5, 0.6) is 0 Å². The standard InChI is InChI=1S/C10H21NO.H2/c1-4-5-6-7-8-11-10(12)9(2)3;/h9H,4-8H2,1-3H3,(H,11,12);1H. The number of nitrogens with one attached hydrogen (secondary N) is 1. The Morgan fingerprint density at radius 1 is 1.33 bits per heavy atom. The maximum atomic E-state index is 11.1. The van der Waals surface area contributed by atoms with Crippen LogP contribution in [-0.2, 0) is 4.79 Å². The molecule has 0 saturated heterocycles. The van der Waals surface area contributed by atoms with Crippen molar-refractivity contribution >= 4 is 5.91 Å². The van der Waals surface area contributed by atoms with Gasteiger partial charge in [-0.3, -0.25) is 4.79 Å². The molecule has 0 spiro atoms. The van der Waals surface area contributed by atoms with Crippen molar-refractivity contribution in [2.24, 2.45) is 5.92 Å². The summed E-state index contributed by atoms with van der Waals surface area (Å²) in [7, 11) is 0. The Morgan fingerprint density at radius 3 is 2.50 bits per heavy atom. The van der Waals surface area contributed by atoms with Crippen LogP contribution in [0.15, 0.2) is 0 Å². The molecule has 0 heterocycles. The third-order valence-corrected chi connectivity index (χ3v) is 1.85. The van der Waals surface area contributed by atoms with E-state index in [0.29, 0.717) is 0 Å². The van der Waals surface area contributed by atoms with Crippen LogP contribution in [0.4, 0.5) is 0 Å². The van der Waals surface area contributed by atoms with Gasteiger partial charge in [-0.2, -0.15) is 0 Å². The molecule has 0 aliphatic carbocycles. The lowest BCUT2D eigenvalue weighted by molar-refractivity contribution is -0.123. The first-order valence-corrected chi connectivity index (χ1v) is 4.96. The molecule has 0 rings (SSSR count). The van der Waals surface area contributed by atoms with Gasteiger partial charge in [-0.25, -0.2) is 0 Å². The van der Waals surface area contributed by atoms with E-state index >= 15 is 0 Å². The van der Waals surface area contributed by atoms with Crippen LogP contribution in [0, 0.1) is 5.92 Å². The van der Waals surface area contributed by atoms with Crippen molar-refractivity contribution in [2.75, 3.05) is 6.54 Å². The molecule has 1 amide bonds. The number of amides is 1. The largest absolute Gasteiger partial charge is 0.356 e. The molecular formula is C10H23NO. The van der Waals surface area contributed by atoms with Crippen LogP contribution in [0.25, 0.3) is 0 Å². The van der Waals surface area contributed by atoms with Crippen LogP contribution in [0.2, 0.25) is 0 Å². The molecule has 0 saturated carbocycles. The Balaban J connectivity index is 0. The Labute approximate surface area is 77.2 Å². The first-order chi connectivity index (χ1) is 5.68. The fourth-order valence-electron chi connectivity index (χ4n) is 0.967. The molecule has 0 unspecified atom stereocenters. The van der Waals surface area contributed by atoms with Gasteiger partial charge in [0.05, 0.1) is 0 Å². The molecule has 0 aliphatic rings. The number of hydrogen-bond donors (Lipinski definition) is 1. The molecule has 2 nitrogen and oxygen atoms in total. The molecule has 0 aromatic rings. The third-order valence-electron chi connectivity index (χ3n) is 1.85. The monoisotopic (exact) mass is 173 g/mol. The van der Waals surface area contributed by atoms with E-state index in [4.69, 9.17) is 0 Å². The minimum atomic E-state index is 0. The zero-order valence-corrected chi connectivity index (χ0v) is 8.52. The first kappa shape index (κ1) is 11.5. The highest BCUT2D eigenvalue weighted by Crippen LogP contribution is 1.97. The molecule has 1 N–H and O–H groups in total. The number of rotatable bonds is 6.